The molecule has 0 bridgehead atoms. The van der Waals surface area contributed by atoms with Crippen molar-refractivity contribution in [3.05, 3.63) is 69.8 Å². The molecule has 0 saturated carbocycles. The standard InChI is InChI=1S/C15H14N2O4/c16-15(19)13(12-3-1-2-4-14(12)18)9-10-5-7-11(8-6-10)17(20)21/h1-8,13,18H,9H2,(H2,16,19). The van der Waals surface area contributed by atoms with Crippen molar-refractivity contribution in [3.8, 4) is 5.75 Å². The summed E-state index contributed by atoms with van der Waals surface area (Å²) in [6.45, 7) is 0. The molecule has 6 heteroatoms. The van der Waals surface area contributed by atoms with Gasteiger partial charge in [0.05, 0.1) is 10.8 Å². The van der Waals surface area contributed by atoms with Crippen molar-refractivity contribution in [2.75, 3.05) is 0 Å². The Balaban J connectivity index is 2.27. The van der Waals surface area contributed by atoms with E-state index in [9.17, 15) is 20.0 Å². The third kappa shape index (κ3) is 3.36. The molecule has 0 fully saturated rings. The molecular weight excluding hydrogens is 272 g/mol. The van der Waals surface area contributed by atoms with Crippen LogP contribution in [0.4, 0.5) is 5.69 Å². The first-order valence-electron chi connectivity index (χ1n) is 6.29. The smallest absolute Gasteiger partial charge is 0.269 e. The Hall–Kier alpha value is -2.89. The van der Waals surface area contributed by atoms with E-state index in [1.165, 1.54) is 18.2 Å². The second-order valence-electron chi connectivity index (χ2n) is 4.64. The van der Waals surface area contributed by atoms with Gasteiger partial charge in [-0.2, -0.15) is 0 Å². The number of nitrogens with zero attached hydrogens (tertiary/aromatic N) is 1. The van der Waals surface area contributed by atoms with Crippen LogP contribution >= 0.6 is 0 Å². The molecule has 0 aliphatic carbocycles. The molecule has 0 heterocycles. The van der Waals surface area contributed by atoms with E-state index in [-0.39, 0.29) is 17.9 Å². The Labute approximate surface area is 121 Å². The molecule has 1 atom stereocenters. The van der Waals surface area contributed by atoms with Crippen LogP contribution in [0.2, 0.25) is 0 Å². The quantitative estimate of drug-likeness (QED) is 0.648. The van der Waals surface area contributed by atoms with Crippen LogP contribution in [-0.4, -0.2) is 15.9 Å². The lowest BCUT2D eigenvalue weighted by atomic mass is 9.90. The van der Waals surface area contributed by atoms with Gasteiger partial charge < -0.3 is 10.8 Å². The number of rotatable bonds is 5. The Morgan fingerprint density at radius 1 is 1.19 bits per heavy atom. The number of nitrogens with two attached hydrogens (primary N) is 1. The highest BCUT2D eigenvalue weighted by Gasteiger charge is 2.21. The summed E-state index contributed by atoms with van der Waals surface area (Å²) in [4.78, 5) is 21.8. The molecule has 0 radical (unpaired) electrons. The van der Waals surface area contributed by atoms with Gasteiger partial charge in [-0.05, 0) is 18.1 Å². The number of primary amides is 1. The highest BCUT2D eigenvalue weighted by Crippen LogP contribution is 2.28. The fraction of sp³-hybridized carbons (Fsp3) is 0.133. The van der Waals surface area contributed by atoms with Gasteiger partial charge in [-0.3, -0.25) is 14.9 Å². The van der Waals surface area contributed by atoms with E-state index in [4.69, 9.17) is 5.73 Å². The molecular formula is C15H14N2O4. The zero-order valence-electron chi connectivity index (χ0n) is 11.1. The van der Waals surface area contributed by atoms with Crippen LogP contribution in [0.1, 0.15) is 17.0 Å². The maximum Gasteiger partial charge on any atom is 0.269 e. The Bertz CT molecular complexity index is 668. The third-order valence-electron chi connectivity index (χ3n) is 3.24. The number of phenols is 1. The van der Waals surface area contributed by atoms with E-state index in [1.807, 2.05) is 0 Å². The Morgan fingerprint density at radius 3 is 2.33 bits per heavy atom. The molecule has 108 valence electrons. The van der Waals surface area contributed by atoms with Gasteiger partial charge in [0.2, 0.25) is 5.91 Å². The van der Waals surface area contributed by atoms with E-state index < -0.39 is 16.7 Å². The first-order valence-corrected chi connectivity index (χ1v) is 6.29. The summed E-state index contributed by atoms with van der Waals surface area (Å²) in [6.07, 6.45) is 0.269. The SMILES string of the molecule is NC(=O)C(Cc1ccc([N+](=O)[O-])cc1)c1ccccc1O. The maximum absolute atomic E-state index is 11.6. The van der Waals surface area contributed by atoms with Gasteiger partial charge in [0.1, 0.15) is 5.75 Å². The number of amides is 1. The number of nitro groups is 1. The van der Waals surface area contributed by atoms with Gasteiger partial charge >= 0.3 is 0 Å². The van der Waals surface area contributed by atoms with E-state index >= 15 is 0 Å². The average Bonchev–Trinajstić information content (AvgIpc) is 2.46. The zero-order chi connectivity index (χ0) is 15.4. The lowest BCUT2D eigenvalue weighted by Gasteiger charge is -2.15. The van der Waals surface area contributed by atoms with Crippen LogP contribution in [-0.2, 0) is 11.2 Å². The predicted octanol–water partition coefficient (Wildman–Crippen LogP) is 2.11. The van der Waals surface area contributed by atoms with E-state index in [2.05, 4.69) is 0 Å². The minimum atomic E-state index is -0.687. The minimum absolute atomic E-state index is 0.00297. The molecule has 1 amide bonds. The molecule has 6 nitrogen and oxygen atoms in total. The lowest BCUT2D eigenvalue weighted by molar-refractivity contribution is -0.384. The summed E-state index contributed by atoms with van der Waals surface area (Å²) in [5.41, 5.74) is 6.57. The highest BCUT2D eigenvalue weighted by molar-refractivity contribution is 5.83. The topological polar surface area (TPSA) is 106 Å². The summed E-state index contributed by atoms with van der Waals surface area (Å²) in [5.74, 6) is -1.24. The molecule has 3 N–H and O–H groups in total. The van der Waals surface area contributed by atoms with Gasteiger partial charge in [0.25, 0.3) is 5.69 Å². The number of carbonyl (C=O) groups is 1. The minimum Gasteiger partial charge on any atom is -0.508 e. The largest absolute Gasteiger partial charge is 0.508 e. The van der Waals surface area contributed by atoms with Crippen LogP contribution in [0.15, 0.2) is 48.5 Å². The maximum atomic E-state index is 11.6. The van der Waals surface area contributed by atoms with Gasteiger partial charge in [0, 0.05) is 17.7 Å². The van der Waals surface area contributed by atoms with Gasteiger partial charge in [-0.15, -0.1) is 0 Å². The van der Waals surface area contributed by atoms with Gasteiger partial charge in [-0.25, -0.2) is 0 Å². The molecule has 0 aliphatic heterocycles. The average molecular weight is 286 g/mol. The van der Waals surface area contributed by atoms with Crippen LogP contribution in [0.3, 0.4) is 0 Å². The van der Waals surface area contributed by atoms with E-state index in [0.29, 0.717) is 5.56 Å². The number of para-hydroxylation sites is 1. The van der Waals surface area contributed by atoms with Crippen molar-refractivity contribution in [1.82, 2.24) is 0 Å². The molecule has 2 aromatic carbocycles. The van der Waals surface area contributed by atoms with Crippen LogP contribution < -0.4 is 5.73 Å². The Kier molecular flexibility index (Phi) is 4.18. The van der Waals surface area contributed by atoms with Gasteiger partial charge in [0.15, 0.2) is 0 Å². The molecule has 21 heavy (non-hydrogen) atoms. The number of phenolic OH excluding ortho intramolecular Hbond substituents is 1. The van der Waals surface area contributed by atoms with Crippen molar-refractivity contribution in [2.24, 2.45) is 5.73 Å². The zero-order valence-corrected chi connectivity index (χ0v) is 11.1. The summed E-state index contributed by atoms with van der Waals surface area (Å²) in [5, 5.41) is 20.4. The fourth-order valence-electron chi connectivity index (χ4n) is 2.14. The number of carbonyl (C=O) groups excluding carboxylic acids is 1. The molecule has 2 aromatic rings. The molecule has 0 aromatic heterocycles. The number of non-ortho nitro benzene ring substituents is 1. The monoisotopic (exact) mass is 286 g/mol. The first-order chi connectivity index (χ1) is 9.99. The van der Waals surface area contributed by atoms with Crippen molar-refractivity contribution in [3.63, 3.8) is 0 Å². The molecule has 0 aliphatic rings. The second-order valence-corrected chi connectivity index (χ2v) is 4.64. The van der Waals surface area contributed by atoms with Crippen LogP contribution in [0, 0.1) is 10.1 Å². The van der Waals surface area contributed by atoms with Gasteiger partial charge in [-0.1, -0.05) is 30.3 Å². The lowest BCUT2D eigenvalue weighted by Crippen LogP contribution is -2.23. The number of hydrogen-bond acceptors (Lipinski definition) is 4. The molecule has 1 unspecified atom stereocenters. The highest BCUT2D eigenvalue weighted by atomic mass is 16.6. The molecule has 0 spiro atoms. The van der Waals surface area contributed by atoms with E-state index in [1.54, 1.807) is 30.3 Å². The van der Waals surface area contributed by atoms with Crippen LogP contribution in [0.5, 0.6) is 5.75 Å². The second kappa shape index (κ2) is 6.04. The summed E-state index contributed by atoms with van der Waals surface area (Å²) in [6, 6.07) is 12.4. The summed E-state index contributed by atoms with van der Waals surface area (Å²) < 4.78 is 0. The normalized spacial score (nSPS) is 11.8. The number of nitro benzene ring substituents is 1. The number of aromatic hydroxyl groups is 1. The Morgan fingerprint density at radius 2 is 1.81 bits per heavy atom. The van der Waals surface area contributed by atoms with Crippen molar-refractivity contribution < 1.29 is 14.8 Å². The first kappa shape index (κ1) is 14.5. The fourth-order valence-corrected chi connectivity index (χ4v) is 2.14. The summed E-state index contributed by atoms with van der Waals surface area (Å²) in [7, 11) is 0. The summed E-state index contributed by atoms with van der Waals surface area (Å²) >= 11 is 0. The van der Waals surface area contributed by atoms with E-state index in [0.717, 1.165) is 5.56 Å². The number of benzene rings is 2. The van der Waals surface area contributed by atoms with Crippen molar-refractivity contribution in [2.45, 2.75) is 12.3 Å². The molecule has 2 rings (SSSR count). The number of hydrogen-bond donors (Lipinski definition) is 2. The van der Waals surface area contributed by atoms with Crippen molar-refractivity contribution >= 4 is 11.6 Å². The van der Waals surface area contributed by atoms with Crippen molar-refractivity contribution in [1.29, 1.82) is 0 Å². The molecule has 0 saturated heterocycles. The predicted molar refractivity (Wildman–Crippen MR) is 76.8 cm³/mol. The van der Waals surface area contributed by atoms with Crippen LogP contribution in [0.25, 0.3) is 0 Å². The third-order valence-corrected chi connectivity index (χ3v) is 3.24.